The molecule has 3 aromatic carbocycles. The highest BCUT2D eigenvalue weighted by molar-refractivity contribution is 6.32. The Bertz CT molecular complexity index is 1070. The molecule has 7 nitrogen and oxygen atoms in total. The molecule has 0 radical (unpaired) electrons. The van der Waals surface area contributed by atoms with Crippen LogP contribution in [0.25, 0.3) is 11.1 Å². The number of carbonyl (C=O) groups is 2. The molecular formula is C24H25ClN4O3. The summed E-state index contributed by atoms with van der Waals surface area (Å²) in [5.41, 5.74) is 8.07. The Morgan fingerprint density at radius 1 is 1.00 bits per heavy atom. The average Bonchev–Trinajstić information content (AvgIpc) is 2.81. The molecule has 3 aromatic rings. The monoisotopic (exact) mass is 452 g/mol. The minimum atomic E-state index is -0.797. The normalized spacial score (nSPS) is 10.7. The number of rotatable bonds is 7. The molecule has 0 saturated heterocycles. The van der Waals surface area contributed by atoms with Gasteiger partial charge in [-0.15, -0.1) is 0 Å². The van der Waals surface area contributed by atoms with Crippen LogP contribution in [0.2, 0.25) is 5.02 Å². The molecular weight excluding hydrogens is 428 g/mol. The van der Waals surface area contributed by atoms with Gasteiger partial charge in [0.15, 0.2) is 0 Å². The zero-order valence-corrected chi connectivity index (χ0v) is 18.6. The number of amides is 3. The van der Waals surface area contributed by atoms with Crippen molar-refractivity contribution in [3.05, 3.63) is 88.9 Å². The molecule has 0 bridgehead atoms. The van der Waals surface area contributed by atoms with Gasteiger partial charge in [0.1, 0.15) is 5.75 Å². The van der Waals surface area contributed by atoms with Gasteiger partial charge in [-0.1, -0.05) is 66.2 Å². The first kappa shape index (κ1) is 23.3. The Morgan fingerprint density at radius 2 is 1.66 bits per heavy atom. The van der Waals surface area contributed by atoms with Gasteiger partial charge in [-0.05, 0) is 48.7 Å². The van der Waals surface area contributed by atoms with Gasteiger partial charge in [0.2, 0.25) is 0 Å². The number of urea groups is 1. The smallest absolute Gasteiger partial charge is 0.353 e. The molecule has 0 aliphatic rings. The molecule has 3 amide bonds. The minimum absolute atomic E-state index is 0.0662. The van der Waals surface area contributed by atoms with Crippen LogP contribution >= 0.6 is 11.6 Å². The zero-order valence-electron chi connectivity index (χ0n) is 17.8. The molecule has 32 heavy (non-hydrogen) atoms. The van der Waals surface area contributed by atoms with Crippen LogP contribution in [0.3, 0.4) is 0 Å². The molecule has 3 rings (SSSR count). The van der Waals surface area contributed by atoms with Gasteiger partial charge in [0.05, 0.1) is 11.1 Å². The van der Waals surface area contributed by atoms with E-state index < -0.39 is 11.9 Å². The predicted octanol–water partition coefficient (Wildman–Crippen LogP) is 4.52. The molecule has 0 aromatic heterocycles. The fourth-order valence-corrected chi connectivity index (χ4v) is 3.25. The molecule has 8 heteroatoms. The SMILES string of the molecule is CC(C)Oc1ccc(C(=O)N(NCc2ccc(-c3ccccc3)cc2)C(=O)NN)cc1Cl. The fourth-order valence-electron chi connectivity index (χ4n) is 3.03. The maximum absolute atomic E-state index is 12.9. The van der Waals surface area contributed by atoms with Crippen LogP contribution in [0.15, 0.2) is 72.8 Å². The third kappa shape index (κ3) is 5.85. The largest absolute Gasteiger partial charge is 0.489 e. The lowest BCUT2D eigenvalue weighted by molar-refractivity contribution is 0.0722. The molecule has 4 N–H and O–H groups in total. The molecule has 0 aliphatic heterocycles. The van der Waals surface area contributed by atoms with E-state index in [-0.39, 0.29) is 23.2 Å². The second kappa shape index (κ2) is 10.8. The first-order valence-corrected chi connectivity index (χ1v) is 10.5. The Balaban J connectivity index is 1.72. The van der Waals surface area contributed by atoms with Crippen LogP contribution in [0.1, 0.15) is 29.8 Å². The number of ether oxygens (including phenoxy) is 1. The topological polar surface area (TPSA) is 96.7 Å². The molecule has 0 fully saturated rings. The van der Waals surface area contributed by atoms with Gasteiger partial charge < -0.3 is 4.74 Å². The molecule has 166 valence electrons. The molecule has 0 atom stereocenters. The van der Waals surface area contributed by atoms with Gasteiger partial charge in [0.25, 0.3) is 5.91 Å². The summed E-state index contributed by atoms with van der Waals surface area (Å²) in [4.78, 5) is 25.2. The summed E-state index contributed by atoms with van der Waals surface area (Å²) in [6.07, 6.45) is -0.0662. The van der Waals surface area contributed by atoms with Gasteiger partial charge in [0, 0.05) is 12.1 Å². The predicted molar refractivity (Wildman–Crippen MR) is 125 cm³/mol. The second-order valence-corrected chi connectivity index (χ2v) is 7.71. The van der Waals surface area contributed by atoms with Crippen molar-refractivity contribution in [2.45, 2.75) is 26.5 Å². The summed E-state index contributed by atoms with van der Waals surface area (Å²) in [5.74, 6) is 5.12. The van der Waals surface area contributed by atoms with E-state index >= 15 is 0 Å². The summed E-state index contributed by atoms with van der Waals surface area (Å²) >= 11 is 6.23. The minimum Gasteiger partial charge on any atom is -0.489 e. The van der Waals surface area contributed by atoms with E-state index in [1.807, 2.05) is 73.9 Å². The van der Waals surface area contributed by atoms with E-state index in [2.05, 4.69) is 5.43 Å². The highest BCUT2D eigenvalue weighted by Gasteiger charge is 2.23. The van der Waals surface area contributed by atoms with E-state index in [9.17, 15) is 9.59 Å². The summed E-state index contributed by atoms with van der Waals surface area (Å²) in [6, 6.07) is 21.6. The van der Waals surface area contributed by atoms with Crippen molar-refractivity contribution < 1.29 is 14.3 Å². The van der Waals surface area contributed by atoms with E-state index in [1.165, 1.54) is 6.07 Å². The van der Waals surface area contributed by atoms with Crippen LogP contribution in [-0.4, -0.2) is 23.1 Å². The number of halogens is 1. The molecule has 0 heterocycles. The Hall–Kier alpha value is -3.39. The molecule has 0 saturated carbocycles. The number of hydrazine groups is 2. The number of imide groups is 1. The van der Waals surface area contributed by atoms with E-state index in [0.717, 1.165) is 21.7 Å². The average molecular weight is 453 g/mol. The number of benzene rings is 3. The molecule has 0 spiro atoms. The highest BCUT2D eigenvalue weighted by atomic mass is 35.5. The first-order valence-electron chi connectivity index (χ1n) is 10.1. The second-order valence-electron chi connectivity index (χ2n) is 7.30. The number of nitrogens with zero attached hydrogens (tertiary/aromatic N) is 1. The molecule has 0 aliphatic carbocycles. The van der Waals surface area contributed by atoms with Crippen molar-refractivity contribution in [1.29, 1.82) is 0 Å². The van der Waals surface area contributed by atoms with Crippen LogP contribution in [-0.2, 0) is 6.54 Å². The van der Waals surface area contributed by atoms with Crippen molar-refractivity contribution in [2.75, 3.05) is 0 Å². The standard InChI is InChI=1S/C24H25ClN4O3/c1-16(2)32-22-13-12-20(14-21(22)25)23(30)29(24(31)28-26)27-15-17-8-10-19(11-9-17)18-6-4-3-5-7-18/h3-14,16,27H,15,26H2,1-2H3,(H,28,31). The number of hydrogen-bond donors (Lipinski definition) is 3. The fraction of sp³-hybridized carbons (Fsp3) is 0.167. The van der Waals surface area contributed by atoms with Crippen molar-refractivity contribution in [3.8, 4) is 16.9 Å². The van der Waals surface area contributed by atoms with Gasteiger partial charge >= 0.3 is 6.03 Å². The highest BCUT2D eigenvalue weighted by Crippen LogP contribution is 2.27. The van der Waals surface area contributed by atoms with Crippen molar-refractivity contribution in [1.82, 2.24) is 15.9 Å². The maximum Gasteiger partial charge on any atom is 0.353 e. The summed E-state index contributed by atoms with van der Waals surface area (Å²) in [6.45, 7) is 3.98. The third-order valence-corrected chi connectivity index (χ3v) is 4.87. The Morgan fingerprint density at radius 3 is 2.25 bits per heavy atom. The zero-order chi connectivity index (χ0) is 23.1. The van der Waals surface area contributed by atoms with E-state index in [4.69, 9.17) is 22.2 Å². The van der Waals surface area contributed by atoms with E-state index in [0.29, 0.717) is 5.75 Å². The van der Waals surface area contributed by atoms with Gasteiger partial charge in [-0.25, -0.2) is 16.1 Å². The Kier molecular flexibility index (Phi) is 7.83. The van der Waals surface area contributed by atoms with Crippen LogP contribution in [0.5, 0.6) is 5.75 Å². The number of nitrogens with two attached hydrogens (primary N) is 1. The van der Waals surface area contributed by atoms with Crippen molar-refractivity contribution in [3.63, 3.8) is 0 Å². The van der Waals surface area contributed by atoms with Crippen LogP contribution in [0.4, 0.5) is 4.79 Å². The first-order chi connectivity index (χ1) is 15.4. The summed E-state index contributed by atoms with van der Waals surface area (Å²) in [7, 11) is 0. The van der Waals surface area contributed by atoms with Crippen molar-refractivity contribution in [2.24, 2.45) is 5.84 Å². The quantitative estimate of drug-likeness (QED) is 0.278. The van der Waals surface area contributed by atoms with Gasteiger partial charge in [-0.2, -0.15) is 5.01 Å². The van der Waals surface area contributed by atoms with Crippen LogP contribution < -0.4 is 21.4 Å². The Labute approximate surface area is 192 Å². The number of nitrogens with one attached hydrogen (secondary N) is 2. The number of carbonyl (C=O) groups excluding carboxylic acids is 2. The maximum atomic E-state index is 12.9. The summed E-state index contributed by atoms with van der Waals surface area (Å²) in [5, 5.41) is 1.09. The van der Waals surface area contributed by atoms with E-state index in [1.54, 1.807) is 12.1 Å². The number of hydrogen-bond acceptors (Lipinski definition) is 5. The lowest BCUT2D eigenvalue weighted by Gasteiger charge is -2.21. The summed E-state index contributed by atoms with van der Waals surface area (Å²) < 4.78 is 5.58. The van der Waals surface area contributed by atoms with Crippen LogP contribution in [0, 0.1) is 0 Å². The lowest BCUT2D eigenvalue weighted by Crippen LogP contribution is -2.53. The third-order valence-electron chi connectivity index (χ3n) is 4.57. The van der Waals surface area contributed by atoms with Gasteiger partial charge in [-0.3, -0.25) is 10.2 Å². The lowest BCUT2D eigenvalue weighted by atomic mass is 10.0. The van der Waals surface area contributed by atoms with Crippen molar-refractivity contribution >= 4 is 23.5 Å². The molecule has 0 unspecified atom stereocenters.